The molecule has 0 aliphatic rings. The van der Waals surface area contributed by atoms with Crippen molar-refractivity contribution in [1.29, 1.82) is 0 Å². The minimum Gasteiger partial charge on any atom is -0.481 e. The van der Waals surface area contributed by atoms with Gasteiger partial charge < -0.3 is 15.2 Å². The van der Waals surface area contributed by atoms with E-state index in [9.17, 15) is 4.79 Å². The summed E-state index contributed by atoms with van der Waals surface area (Å²) < 4.78 is 6.14. The molecule has 0 amide bonds. The Bertz CT molecular complexity index is 1200. The Balaban J connectivity index is 0.00000324. The first kappa shape index (κ1) is 25.2. The van der Waals surface area contributed by atoms with Crippen LogP contribution in [0.3, 0.4) is 0 Å². The van der Waals surface area contributed by atoms with Crippen molar-refractivity contribution in [2.24, 2.45) is 0 Å². The minimum atomic E-state index is -0.842. The standard InChI is InChI=1S/C24H22N4O3S2.CH4/c1-16(20-9-5-6-12-25-20)33-19-13-21(31-18-7-3-2-4-8-18)23(26-14-19)28-24-27-17(15-32-24)10-11-22(29)30;/h2-9,12-16H,10-11H2,1H3,(H,29,30)(H,26,27,28);1H4. The highest BCUT2D eigenvalue weighted by atomic mass is 32.2. The Labute approximate surface area is 207 Å². The number of para-hydroxylation sites is 1. The second-order valence-electron chi connectivity index (χ2n) is 7.11. The van der Waals surface area contributed by atoms with Crippen molar-refractivity contribution in [3.05, 3.63) is 83.8 Å². The van der Waals surface area contributed by atoms with Crippen molar-refractivity contribution in [3.8, 4) is 11.5 Å². The summed E-state index contributed by atoms with van der Waals surface area (Å²) in [4.78, 5) is 25.3. The van der Waals surface area contributed by atoms with E-state index in [2.05, 4.69) is 27.2 Å². The van der Waals surface area contributed by atoms with Crippen LogP contribution < -0.4 is 10.1 Å². The Morgan fingerprint density at radius 2 is 1.97 bits per heavy atom. The average molecular weight is 495 g/mol. The molecule has 0 bridgehead atoms. The Morgan fingerprint density at radius 3 is 2.71 bits per heavy atom. The van der Waals surface area contributed by atoms with Crippen LogP contribution in [0.1, 0.15) is 37.4 Å². The van der Waals surface area contributed by atoms with E-state index in [1.807, 2.05) is 60.0 Å². The number of thiazole rings is 1. The molecule has 3 aromatic heterocycles. The van der Waals surface area contributed by atoms with Gasteiger partial charge in [0.1, 0.15) is 5.75 Å². The lowest BCUT2D eigenvalue weighted by Gasteiger charge is -2.14. The number of benzene rings is 1. The molecule has 34 heavy (non-hydrogen) atoms. The van der Waals surface area contributed by atoms with Crippen molar-refractivity contribution < 1.29 is 14.6 Å². The van der Waals surface area contributed by atoms with E-state index in [0.29, 0.717) is 28.9 Å². The van der Waals surface area contributed by atoms with E-state index >= 15 is 0 Å². The predicted molar refractivity (Wildman–Crippen MR) is 137 cm³/mol. The number of hydrogen-bond acceptors (Lipinski definition) is 8. The maximum atomic E-state index is 10.8. The summed E-state index contributed by atoms with van der Waals surface area (Å²) in [6.45, 7) is 2.10. The van der Waals surface area contributed by atoms with E-state index in [4.69, 9.17) is 9.84 Å². The van der Waals surface area contributed by atoms with Crippen LogP contribution in [0.5, 0.6) is 11.5 Å². The number of carboxylic acid groups (broad SMARTS) is 1. The van der Waals surface area contributed by atoms with Gasteiger partial charge in [-0.15, -0.1) is 23.1 Å². The largest absolute Gasteiger partial charge is 0.481 e. The molecular weight excluding hydrogens is 468 g/mol. The molecule has 2 N–H and O–H groups in total. The second-order valence-corrected chi connectivity index (χ2v) is 9.38. The number of carboxylic acids is 1. The van der Waals surface area contributed by atoms with Crippen LogP contribution in [0, 0.1) is 0 Å². The number of thioether (sulfide) groups is 1. The van der Waals surface area contributed by atoms with E-state index in [0.717, 1.165) is 16.3 Å². The first-order valence-electron chi connectivity index (χ1n) is 10.3. The summed E-state index contributed by atoms with van der Waals surface area (Å²) in [5, 5.41) is 14.7. The van der Waals surface area contributed by atoms with Gasteiger partial charge in [0.2, 0.25) is 0 Å². The molecule has 0 radical (unpaired) electrons. The summed E-state index contributed by atoms with van der Waals surface area (Å²) in [5.74, 6) is 0.962. The second kappa shape index (κ2) is 12.2. The van der Waals surface area contributed by atoms with Crippen molar-refractivity contribution in [3.63, 3.8) is 0 Å². The lowest BCUT2D eigenvalue weighted by atomic mass is 10.2. The molecule has 3 heterocycles. The third-order valence-electron chi connectivity index (χ3n) is 4.59. The quantitative estimate of drug-likeness (QED) is 0.228. The van der Waals surface area contributed by atoms with Gasteiger partial charge in [-0.3, -0.25) is 9.78 Å². The highest BCUT2D eigenvalue weighted by Gasteiger charge is 2.15. The summed E-state index contributed by atoms with van der Waals surface area (Å²) in [5.41, 5.74) is 1.72. The Kier molecular flexibility index (Phi) is 9.00. The molecule has 9 heteroatoms. The zero-order valence-electron chi connectivity index (χ0n) is 17.8. The van der Waals surface area contributed by atoms with E-state index in [-0.39, 0.29) is 19.1 Å². The van der Waals surface area contributed by atoms with Crippen LogP contribution in [0.2, 0.25) is 0 Å². The van der Waals surface area contributed by atoms with Crippen LogP contribution in [0.15, 0.2) is 77.3 Å². The van der Waals surface area contributed by atoms with E-state index in [1.165, 1.54) is 11.3 Å². The SMILES string of the molecule is C.CC(Sc1cnc(Nc2nc(CCC(=O)O)cs2)c(Oc2ccccc2)c1)c1ccccn1. The minimum absolute atomic E-state index is 0. The van der Waals surface area contributed by atoms with Crippen LogP contribution >= 0.6 is 23.1 Å². The number of aryl methyl sites for hydroxylation is 1. The zero-order valence-corrected chi connectivity index (χ0v) is 19.5. The van der Waals surface area contributed by atoms with Crippen molar-refractivity contribution in [1.82, 2.24) is 15.0 Å². The molecule has 0 saturated heterocycles. The molecule has 0 aliphatic carbocycles. The van der Waals surface area contributed by atoms with Gasteiger partial charge in [-0.1, -0.05) is 31.7 Å². The molecule has 0 spiro atoms. The van der Waals surface area contributed by atoms with E-state index < -0.39 is 5.97 Å². The summed E-state index contributed by atoms with van der Waals surface area (Å²) in [7, 11) is 0. The smallest absolute Gasteiger partial charge is 0.303 e. The van der Waals surface area contributed by atoms with Crippen LogP contribution in [-0.4, -0.2) is 26.0 Å². The maximum absolute atomic E-state index is 10.8. The normalized spacial score (nSPS) is 11.3. The lowest BCUT2D eigenvalue weighted by molar-refractivity contribution is -0.136. The Morgan fingerprint density at radius 1 is 1.18 bits per heavy atom. The fourth-order valence-electron chi connectivity index (χ4n) is 2.97. The number of nitrogens with one attached hydrogen (secondary N) is 1. The molecule has 1 unspecified atom stereocenters. The zero-order chi connectivity index (χ0) is 23.0. The summed E-state index contributed by atoms with van der Waals surface area (Å²) in [6.07, 6.45) is 4.02. The number of hydrogen-bond donors (Lipinski definition) is 2. The van der Waals surface area contributed by atoms with Crippen LogP contribution in [0.4, 0.5) is 10.9 Å². The number of pyridine rings is 2. The topological polar surface area (TPSA) is 97.2 Å². The molecule has 1 atom stereocenters. The van der Waals surface area contributed by atoms with Gasteiger partial charge in [-0.25, -0.2) is 9.97 Å². The van der Waals surface area contributed by atoms with Gasteiger partial charge >= 0.3 is 5.97 Å². The molecule has 0 aliphatic heterocycles. The first-order chi connectivity index (χ1) is 16.1. The predicted octanol–water partition coefficient (Wildman–Crippen LogP) is 6.98. The molecular formula is C25H26N4O3S2. The number of anilines is 2. The fraction of sp³-hybridized carbons (Fsp3) is 0.200. The Hall–Kier alpha value is -3.43. The van der Waals surface area contributed by atoms with Gasteiger partial charge in [0, 0.05) is 34.3 Å². The number of ether oxygens (including phenoxy) is 1. The number of aromatic nitrogens is 3. The lowest BCUT2D eigenvalue weighted by Crippen LogP contribution is -2.00. The van der Waals surface area contributed by atoms with Crippen molar-refractivity contribution in [2.75, 3.05) is 5.32 Å². The van der Waals surface area contributed by atoms with Crippen LogP contribution in [-0.2, 0) is 11.2 Å². The molecule has 1 aromatic carbocycles. The number of nitrogens with zero attached hydrogens (tertiary/aromatic N) is 3. The first-order valence-corrected chi connectivity index (χ1v) is 12.1. The third kappa shape index (κ3) is 7.03. The van der Waals surface area contributed by atoms with E-state index in [1.54, 1.807) is 24.2 Å². The molecule has 176 valence electrons. The highest BCUT2D eigenvalue weighted by Crippen LogP contribution is 2.39. The number of rotatable bonds is 10. The van der Waals surface area contributed by atoms with Gasteiger partial charge in [-0.2, -0.15) is 0 Å². The fourth-order valence-corrected chi connectivity index (χ4v) is 4.68. The number of carbonyl (C=O) groups is 1. The molecule has 7 nitrogen and oxygen atoms in total. The molecule has 0 fully saturated rings. The molecule has 4 rings (SSSR count). The van der Waals surface area contributed by atoms with Gasteiger partial charge in [0.25, 0.3) is 0 Å². The third-order valence-corrected chi connectivity index (χ3v) is 6.48. The highest BCUT2D eigenvalue weighted by molar-refractivity contribution is 7.99. The van der Waals surface area contributed by atoms with Crippen LogP contribution in [0.25, 0.3) is 0 Å². The summed E-state index contributed by atoms with van der Waals surface area (Å²) in [6, 6.07) is 17.4. The van der Waals surface area contributed by atoms with Crippen molar-refractivity contribution in [2.45, 2.75) is 37.3 Å². The maximum Gasteiger partial charge on any atom is 0.303 e. The van der Waals surface area contributed by atoms with Gasteiger partial charge in [-0.05, 0) is 37.3 Å². The molecule has 0 saturated carbocycles. The number of aliphatic carboxylic acids is 1. The molecule has 4 aromatic rings. The van der Waals surface area contributed by atoms with Gasteiger partial charge in [0.05, 0.1) is 17.8 Å². The monoisotopic (exact) mass is 494 g/mol. The van der Waals surface area contributed by atoms with Crippen molar-refractivity contribution >= 4 is 40.0 Å². The average Bonchev–Trinajstić information content (AvgIpc) is 3.28. The van der Waals surface area contributed by atoms with Gasteiger partial charge in [0.15, 0.2) is 16.7 Å². The summed E-state index contributed by atoms with van der Waals surface area (Å²) >= 11 is 3.05.